The minimum atomic E-state index is -0.269. The van der Waals surface area contributed by atoms with Crippen molar-refractivity contribution in [2.75, 3.05) is 13.2 Å². The van der Waals surface area contributed by atoms with Crippen molar-refractivity contribution in [1.82, 2.24) is 5.32 Å². The van der Waals surface area contributed by atoms with Gasteiger partial charge in [0.25, 0.3) is 0 Å². The minimum absolute atomic E-state index is 0.104. The van der Waals surface area contributed by atoms with Crippen LogP contribution in [-0.2, 0) is 9.53 Å². The first kappa shape index (κ1) is 15.4. The topological polar surface area (TPSA) is 58.6 Å². The Hall–Kier alpha value is -0.610. The molecule has 0 bridgehead atoms. The monoisotopic (exact) mass is 257 g/mol. The Morgan fingerprint density at radius 3 is 2.61 bits per heavy atom. The highest BCUT2D eigenvalue weighted by Crippen LogP contribution is 2.32. The highest BCUT2D eigenvalue weighted by Gasteiger charge is 2.32. The predicted octanol–water partition coefficient (Wildman–Crippen LogP) is 1.86. The number of nitrogens with one attached hydrogen (secondary N) is 1. The number of hydrogen-bond acceptors (Lipinski definition) is 3. The van der Waals surface area contributed by atoms with Crippen LogP contribution < -0.4 is 5.32 Å². The van der Waals surface area contributed by atoms with Crippen molar-refractivity contribution in [3.05, 3.63) is 0 Å². The van der Waals surface area contributed by atoms with Gasteiger partial charge in [0, 0.05) is 25.2 Å². The molecule has 106 valence electrons. The third-order valence-corrected chi connectivity index (χ3v) is 3.95. The lowest BCUT2D eigenvalue weighted by Crippen LogP contribution is -2.47. The fourth-order valence-electron chi connectivity index (χ4n) is 2.44. The molecule has 0 aromatic heterocycles. The van der Waals surface area contributed by atoms with Crippen molar-refractivity contribution in [1.29, 1.82) is 0 Å². The lowest BCUT2D eigenvalue weighted by Gasteiger charge is -2.36. The average Bonchev–Trinajstić information content (AvgIpc) is 2.26. The number of carbonyl (C=O) groups is 1. The summed E-state index contributed by atoms with van der Waals surface area (Å²) in [4.78, 5) is 11.9. The van der Waals surface area contributed by atoms with Crippen LogP contribution in [0.1, 0.15) is 52.9 Å². The van der Waals surface area contributed by atoms with Crippen LogP contribution in [0.3, 0.4) is 0 Å². The second kappa shape index (κ2) is 7.10. The van der Waals surface area contributed by atoms with E-state index in [4.69, 9.17) is 9.84 Å². The van der Waals surface area contributed by atoms with Gasteiger partial charge in [0.2, 0.25) is 5.91 Å². The molecule has 0 aromatic carbocycles. The van der Waals surface area contributed by atoms with Gasteiger partial charge in [0.15, 0.2) is 0 Å². The molecule has 0 radical (unpaired) electrons. The van der Waals surface area contributed by atoms with Crippen molar-refractivity contribution in [3.8, 4) is 0 Å². The Labute approximate surface area is 110 Å². The first-order valence-electron chi connectivity index (χ1n) is 7.06. The van der Waals surface area contributed by atoms with Crippen molar-refractivity contribution < 1.29 is 14.6 Å². The van der Waals surface area contributed by atoms with E-state index in [1.54, 1.807) is 0 Å². The number of ether oxygens (including phenoxy) is 1. The van der Waals surface area contributed by atoms with E-state index in [1.165, 1.54) is 0 Å². The fourth-order valence-corrected chi connectivity index (χ4v) is 2.44. The van der Waals surface area contributed by atoms with Crippen LogP contribution in [0.15, 0.2) is 0 Å². The van der Waals surface area contributed by atoms with E-state index >= 15 is 0 Å². The largest absolute Gasteiger partial charge is 0.396 e. The van der Waals surface area contributed by atoms with Crippen molar-refractivity contribution in [2.45, 2.75) is 64.5 Å². The maximum atomic E-state index is 11.9. The van der Waals surface area contributed by atoms with Gasteiger partial charge in [0.1, 0.15) is 0 Å². The van der Waals surface area contributed by atoms with E-state index in [9.17, 15) is 4.79 Å². The summed E-state index contributed by atoms with van der Waals surface area (Å²) in [5, 5.41) is 12.1. The maximum Gasteiger partial charge on any atom is 0.220 e. The molecule has 0 aliphatic heterocycles. The molecule has 18 heavy (non-hydrogen) atoms. The summed E-state index contributed by atoms with van der Waals surface area (Å²) in [6.45, 7) is 6.89. The normalized spacial score (nSPS) is 26.2. The summed E-state index contributed by atoms with van der Waals surface area (Å²) in [6, 6.07) is 0. The highest BCUT2D eigenvalue weighted by atomic mass is 16.5. The van der Waals surface area contributed by atoms with Gasteiger partial charge in [-0.3, -0.25) is 4.79 Å². The third-order valence-electron chi connectivity index (χ3n) is 3.95. The van der Waals surface area contributed by atoms with Crippen LogP contribution in [-0.4, -0.2) is 35.9 Å². The molecule has 1 unspecified atom stereocenters. The smallest absolute Gasteiger partial charge is 0.220 e. The van der Waals surface area contributed by atoms with Crippen molar-refractivity contribution in [2.24, 2.45) is 5.92 Å². The molecule has 1 fully saturated rings. The molecule has 1 aliphatic carbocycles. The summed E-state index contributed by atoms with van der Waals surface area (Å²) in [6.07, 6.45) is 4.41. The molecule has 4 heteroatoms. The molecule has 0 spiro atoms. The Balaban J connectivity index is 2.25. The molecule has 1 aliphatic rings. The van der Waals surface area contributed by atoms with Crippen LogP contribution in [0.4, 0.5) is 0 Å². The molecular weight excluding hydrogens is 230 g/mol. The second-order valence-corrected chi connectivity index (χ2v) is 5.55. The maximum absolute atomic E-state index is 11.9. The number of hydrogen-bond donors (Lipinski definition) is 2. The molecule has 1 saturated carbocycles. The first-order valence-corrected chi connectivity index (χ1v) is 7.06. The van der Waals surface area contributed by atoms with Crippen LogP contribution in [0, 0.1) is 5.92 Å². The van der Waals surface area contributed by atoms with E-state index in [0.29, 0.717) is 24.9 Å². The standard InChI is InChI=1S/C14H27NO3/c1-4-14(3,6-7-16)15-13(17)10-11-8-12(9-11)18-5-2/h11-12,16H,4-10H2,1-3H3,(H,15,17). The van der Waals surface area contributed by atoms with Gasteiger partial charge < -0.3 is 15.2 Å². The van der Waals surface area contributed by atoms with Crippen LogP contribution in [0.2, 0.25) is 0 Å². The fraction of sp³-hybridized carbons (Fsp3) is 0.929. The lowest BCUT2D eigenvalue weighted by molar-refractivity contribution is -0.126. The summed E-state index contributed by atoms with van der Waals surface area (Å²) in [5.41, 5.74) is -0.269. The van der Waals surface area contributed by atoms with Crippen molar-refractivity contribution in [3.63, 3.8) is 0 Å². The molecule has 0 heterocycles. The predicted molar refractivity (Wildman–Crippen MR) is 71.3 cm³/mol. The Morgan fingerprint density at radius 1 is 1.44 bits per heavy atom. The van der Waals surface area contributed by atoms with E-state index in [2.05, 4.69) is 5.32 Å². The second-order valence-electron chi connectivity index (χ2n) is 5.55. The summed E-state index contributed by atoms with van der Waals surface area (Å²) in [5.74, 6) is 0.574. The summed E-state index contributed by atoms with van der Waals surface area (Å²) < 4.78 is 5.49. The SMILES string of the molecule is CCOC1CC(CC(=O)NC(C)(CC)CCO)C1. The van der Waals surface area contributed by atoms with Gasteiger partial charge in [-0.2, -0.15) is 0 Å². The average molecular weight is 257 g/mol. The highest BCUT2D eigenvalue weighted by molar-refractivity contribution is 5.77. The molecule has 2 N–H and O–H groups in total. The van der Waals surface area contributed by atoms with Gasteiger partial charge in [-0.05, 0) is 45.4 Å². The quantitative estimate of drug-likeness (QED) is 0.698. The Bertz CT molecular complexity index is 264. The Kier molecular flexibility index (Phi) is 6.09. The summed E-state index contributed by atoms with van der Waals surface area (Å²) >= 11 is 0. The number of aliphatic hydroxyl groups is 1. The van der Waals surface area contributed by atoms with E-state index in [1.807, 2.05) is 20.8 Å². The number of rotatable bonds is 8. The molecule has 4 nitrogen and oxygen atoms in total. The van der Waals surface area contributed by atoms with Crippen molar-refractivity contribution >= 4 is 5.91 Å². The molecule has 0 aromatic rings. The molecule has 0 saturated heterocycles. The third kappa shape index (κ3) is 4.58. The van der Waals surface area contributed by atoms with Gasteiger partial charge >= 0.3 is 0 Å². The van der Waals surface area contributed by atoms with E-state index < -0.39 is 0 Å². The van der Waals surface area contributed by atoms with Gasteiger partial charge in [-0.25, -0.2) is 0 Å². The van der Waals surface area contributed by atoms with Crippen LogP contribution in [0.5, 0.6) is 0 Å². The summed E-state index contributed by atoms with van der Waals surface area (Å²) in [7, 11) is 0. The van der Waals surface area contributed by atoms with Gasteiger partial charge in [-0.1, -0.05) is 6.92 Å². The minimum Gasteiger partial charge on any atom is -0.396 e. The molecule has 1 amide bonds. The molecule has 1 atom stereocenters. The molecular formula is C14H27NO3. The number of amides is 1. The van der Waals surface area contributed by atoms with Gasteiger partial charge in [0.05, 0.1) is 6.10 Å². The van der Waals surface area contributed by atoms with E-state index in [0.717, 1.165) is 25.9 Å². The lowest BCUT2D eigenvalue weighted by atomic mass is 9.79. The van der Waals surface area contributed by atoms with Gasteiger partial charge in [-0.15, -0.1) is 0 Å². The van der Waals surface area contributed by atoms with E-state index in [-0.39, 0.29) is 18.1 Å². The zero-order valence-electron chi connectivity index (χ0n) is 11.9. The molecule has 1 rings (SSSR count). The van der Waals surface area contributed by atoms with Crippen LogP contribution >= 0.6 is 0 Å². The number of aliphatic hydroxyl groups excluding tert-OH is 1. The first-order chi connectivity index (χ1) is 8.53. The Morgan fingerprint density at radius 2 is 2.11 bits per heavy atom. The van der Waals surface area contributed by atoms with Crippen LogP contribution in [0.25, 0.3) is 0 Å². The zero-order valence-corrected chi connectivity index (χ0v) is 11.9. The number of carbonyl (C=O) groups excluding carboxylic acids is 1. The zero-order chi connectivity index (χ0) is 13.6.